The molecule has 0 N–H and O–H groups in total. The third kappa shape index (κ3) is 140. The normalized spacial score (nSPS) is 12.0. The molecule has 0 spiro atoms. The van der Waals surface area contributed by atoms with Gasteiger partial charge in [0.1, 0.15) is 0 Å². The van der Waals surface area contributed by atoms with Crippen LogP contribution in [0.15, 0.2) is 0 Å². The van der Waals surface area contributed by atoms with E-state index in [-0.39, 0.29) is 0 Å². The predicted molar refractivity (Wildman–Crippen MR) is 30.5 cm³/mol. The second kappa shape index (κ2) is 1.26. The Kier molecular flexibility index (Phi) is 1.37. The molecular formula is C3H10Si2. The summed E-state index contributed by atoms with van der Waals surface area (Å²) in [6.45, 7) is 6.87. The molecule has 0 aliphatic carbocycles. The minimum Gasteiger partial charge on any atom is -0.0721 e. The maximum Gasteiger partial charge on any atom is 0.0283 e. The summed E-state index contributed by atoms with van der Waals surface area (Å²) in [4.78, 5) is 0. The average molecular weight is 102 g/mol. The van der Waals surface area contributed by atoms with Gasteiger partial charge in [-0.05, 0) is 0 Å². The SMILES string of the molecule is C[Si](C)(C)[SiH]. The van der Waals surface area contributed by atoms with Gasteiger partial charge < -0.3 is 0 Å². The van der Waals surface area contributed by atoms with Crippen LogP contribution in [0.5, 0.6) is 0 Å². The molecule has 0 atom stereocenters. The molecule has 0 saturated heterocycles. The zero-order valence-corrected chi connectivity index (χ0v) is 6.23. The molecule has 5 heavy (non-hydrogen) atoms. The molecule has 30 valence electrons. The molecule has 0 saturated carbocycles. The summed E-state index contributed by atoms with van der Waals surface area (Å²) in [5.74, 6) is 0. The van der Waals surface area contributed by atoms with Crippen molar-refractivity contribution in [3.63, 3.8) is 0 Å². The third-order valence-corrected chi connectivity index (χ3v) is 0. The van der Waals surface area contributed by atoms with Crippen molar-refractivity contribution in [3.8, 4) is 0 Å². The van der Waals surface area contributed by atoms with Crippen LogP contribution in [0.4, 0.5) is 0 Å². The predicted octanol–water partition coefficient (Wildman–Crippen LogP) is 0.722. The molecule has 0 aromatic carbocycles. The van der Waals surface area contributed by atoms with Crippen molar-refractivity contribution in [2.75, 3.05) is 0 Å². The van der Waals surface area contributed by atoms with Crippen molar-refractivity contribution < 1.29 is 0 Å². The molecule has 0 rings (SSSR count). The number of hydrogen-bond donors (Lipinski definition) is 0. The quantitative estimate of drug-likeness (QED) is 0.395. The van der Waals surface area contributed by atoms with E-state index in [4.69, 9.17) is 0 Å². The van der Waals surface area contributed by atoms with Crippen molar-refractivity contribution >= 4 is 17.4 Å². The Balaban J connectivity index is 3.02. The highest BCUT2D eigenvalue weighted by molar-refractivity contribution is 7.15. The molecule has 0 amide bonds. The van der Waals surface area contributed by atoms with E-state index < -0.39 is 7.59 Å². The van der Waals surface area contributed by atoms with Gasteiger partial charge in [0.15, 0.2) is 0 Å². The van der Waals surface area contributed by atoms with Gasteiger partial charge in [-0.25, -0.2) is 0 Å². The Bertz CT molecular complexity index is 20.4. The highest BCUT2D eigenvalue weighted by atomic mass is 29.2. The van der Waals surface area contributed by atoms with Crippen LogP contribution >= 0.6 is 0 Å². The first-order chi connectivity index (χ1) is 2.00. The highest BCUT2D eigenvalue weighted by Gasteiger charge is 1.99. The second-order valence-corrected chi connectivity index (χ2v) is 12.3. The van der Waals surface area contributed by atoms with Crippen LogP contribution in [-0.2, 0) is 0 Å². The molecule has 0 fully saturated rings. The monoisotopic (exact) mass is 102 g/mol. The average Bonchev–Trinajstić information content (AvgIpc) is 0.722. The molecule has 0 unspecified atom stereocenters. The van der Waals surface area contributed by atoms with E-state index in [1.165, 1.54) is 0 Å². The van der Waals surface area contributed by atoms with Crippen LogP contribution < -0.4 is 0 Å². The van der Waals surface area contributed by atoms with Gasteiger partial charge in [-0.15, -0.1) is 0 Å². The van der Waals surface area contributed by atoms with Gasteiger partial charge in [0, 0.05) is 17.4 Å². The fourth-order valence-electron chi connectivity index (χ4n) is 0. The summed E-state index contributed by atoms with van der Waals surface area (Å²) in [6, 6.07) is 0. The van der Waals surface area contributed by atoms with E-state index in [1.807, 2.05) is 0 Å². The van der Waals surface area contributed by atoms with Crippen molar-refractivity contribution in [2.45, 2.75) is 19.6 Å². The lowest BCUT2D eigenvalue weighted by Crippen LogP contribution is -2.18. The van der Waals surface area contributed by atoms with Gasteiger partial charge in [-0.3, -0.25) is 0 Å². The summed E-state index contributed by atoms with van der Waals surface area (Å²) in [6.07, 6.45) is 0. The highest BCUT2D eigenvalue weighted by Crippen LogP contribution is 1.87. The Morgan fingerprint density at radius 2 is 1.20 bits per heavy atom. The molecule has 0 aromatic heterocycles. The van der Waals surface area contributed by atoms with Crippen molar-refractivity contribution in [1.82, 2.24) is 0 Å². The van der Waals surface area contributed by atoms with Gasteiger partial charge in [-0.1, -0.05) is 19.6 Å². The lowest BCUT2D eigenvalue weighted by Gasteiger charge is -2.01. The zero-order chi connectivity index (χ0) is 4.50. The van der Waals surface area contributed by atoms with E-state index in [0.29, 0.717) is 0 Å². The summed E-state index contributed by atoms with van der Waals surface area (Å²) < 4.78 is 0. The minimum absolute atomic E-state index is 0.694. The Morgan fingerprint density at radius 1 is 1.20 bits per heavy atom. The first kappa shape index (κ1) is 5.43. The van der Waals surface area contributed by atoms with Crippen LogP contribution in [0.3, 0.4) is 0 Å². The number of hydrogen-bond acceptors (Lipinski definition) is 0. The molecule has 0 nitrogen and oxygen atoms in total. The molecule has 0 aliphatic rings. The molecule has 0 aliphatic heterocycles. The standard InChI is InChI=1S/C3H10Si2/c1-5(2,3)4/h4H,1-3H3. The van der Waals surface area contributed by atoms with Crippen LogP contribution in [-0.4, -0.2) is 17.4 Å². The molecule has 0 aromatic rings. The van der Waals surface area contributed by atoms with E-state index in [2.05, 4.69) is 29.4 Å². The summed E-state index contributed by atoms with van der Waals surface area (Å²) in [7, 11) is 2.16. The van der Waals surface area contributed by atoms with E-state index >= 15 is 0 Å². The van der Waals surface area contributed by atoms with Gasteiger partial charge in [0.05, 0.1) is 0 Å². The van der Waals surface area contributed by atoms with Crippen molar-refractivity contribution in [1.29, 1.82) is 0 Å². The van der Waals surface area contributed by atoms with E-state index in [0.717, 1.165) is 0 Å². The van der Waals surface area contributed by atoms with Crippen molar-refractivity contribution in [3.05, 3.63) is 0 Å². The topological polar surface area (TPSA) is 0 Å². The van der Waals surface area contributed by atoms with Crippen LogP contribution in [0.1, 0.15) is 0 Å². The Labute approximate surface area is 37.8 Å². The molecule has 0 bridgehead atoms. The molecule has 2 radical (unpaired) electrons. The van der Waals surface area contributed by atoms with Crippen LogP contribution in [0, 0.1) is 0 Å². The first-order valence-corrected chi connectivity index (χ1v) is 7.10. The lowest BCUT2D eigenvalue weighted by atomic mass is 11.8. The maximum atomic E-state index is 2.85. The second-order valence-electron chi connectivity index (χ2n) is 2.37. The number of rotatable bonds is 0. The molecule has 0 heterocycles. The first-order valence-electron chi connectivity index (χ1n) is 1.79. The fourth-order valence-corrected chi connectivity index (χ4v) is 0. The largest absolute Gasteiger partial charge is 0.0721 e. The van der Waals surface area contributed by atoms with Gasteiger partial charge in [-0.2, -0.15) is 0 Å². The Morgan fingerprint density at radius 3 is 1.20 bits per heavy atom. The maximum absolute atomic E-state index is 2.85. The smallest absolute Gasteiger partial charge is 0.0283 e. The summed E-state index contributed by atoms with van der Waals surface area (Å²) >= 11 is 0. The van der Waals surface area contributed by atoms with Crippen molar-refractivity contribution in [2.24, 2.45) is 0 Å². The Hall–Kier alpha value is 0.434. The van der Waals surface area contributed by atoms with Gasteiger partial charge in [0.25, 0.3) is 0 Å². The third-order valence-electron chi connectivity index (χ3n) is 0. The van der Waals surface area contributed by atoms with E-state index in [9.17, 15) is 0 Å². The zero-order valence-electron chi connectivity index (χ0n) is 4.08. The molecular weight excluding hydrogens is 92.2 g/mol. The lowest BCUT2D eigenvalue weighted by molar-refractivity contribution is 1.87. The van der Waals surface area contributed by atoms with Gasteiger partial charge >= 0.3 is 0 Å². The molecule has 2 heteroatoms. The minimum atomic E-state index is -0.694. The summed E-state index contributed by atoms with van der Waals surface area (Å²) in [5.41, 5.74) is 0. The van der Waals surface area contributed by atoms with Gasteiger partial charge in [0.2, 0.25) is 0 Å². The van der Waals surface area contributed by atoms with E-state index in [1.54, 1.807) is 0 Å². The summed E-state index contributed by atoms with van der Waals surface area (Å²) in [5, 5.41) is 0. The van der Waals surface area contributed by atoms with Crippen LogP contribution in [0.25, 0.3) is 0 Å². The fraction of sp³-hybridized carbons (Fsp3) is 1.00. The van der Waals surface area contributed by atoms with Crippen LogP contribution in [0.2, 0.25) is 19.6 Å².